The zero-order valence-corrected chi connectivity index (χ0v) is 16.8. The van der Waals surface area contributed by atoms with Gasteiger partial charge in [-0.3, -0.25) is 9.59 Å². The Morgan fingerprint density at radius 2 is 1.48 bits per heavy atom. The molecule has 3 rings (SSSR count). The Balaban J connectivity index is 1.91. The molecule has 1 aliphatic rings. The Morgan fingerprint density at radius 1 is 0.931 bits per heavy atom. The van der Waals surface area contributed by atoms with Gasteiger partial charge in [0.25, 0.3) is 0 Å². The van der Waals surface area contributed by atoms with Crippen LogP contribution in [-0.2, 0) is 19.1 Å². The standard InChI is InChI=1S/C25H26O4/c1-28-23(26)25(24(27)29-2)17-21(15-9-14-19-10-5-3-6-11-19)22(18-25)16-20-12-7-4-8-13-20/h3-14,16,21H,15,17-18H2,1-2H3/b14-9+,22-16+. The van der Waals surface area contributed by atoms with E-state index < -0.39 is 17.4 Å². The minimum atomic E-state index is -1.28. The van der Waals surface area contributed by atoms with Gasteiger partial charge in [0.1, 0.15) is 0 Å². The number of benzene rings is 2. The SMILES string of the molecule is COC(=O)C1(C(=O)OC)C/C(=C\c2ccccc2)C(C/C=C/c2ccccc2)C1. The number of methoxy groups -OCH3 is 2. The van der Waals surface area contributed by atoms with Gasteiger partial charge in [-0.05, 0) is 36.3 Å². The van der Waals surface area contributed by atoms with Crippen molar-refractivity contribution in [1.29, 1.82) is 0 Å². The second-order valence-corrected chi connectivity index (χ2v) is 7.32. The summed E-state index contributed by atoms with van der Waals surface area (Å²) in [5.74, 6) is -1.01. The van der Waals surface area contributed by atoms with Crippen molar-refractivity contribution >= 4 is 24.1 Å². The summed E-state index contributed by atoms with van der Waals surface area (Å²) in [6.45, 7) is 0. The van der Waals surface area contributed by atoms with Crippen LogP contribution in [0.5, 0.6) is 0 Å². The van der Waals surface area contributed by atoms with E-state index in [0.29, 0.717) is 12.8 Å². The number of carbonyl (C=O) groups excluding carboxylic acids is 2. The van der Waals surface area contributed by atoms with E-state index in [1.54, 1.807) is 0 Å². The normalized spacial score (nSPS) is 19.4. The molecule has 0 spiro atoms. The first-order valence-electron chi connectivity index (χ1n) is 9.73. The summed E-state index contributed by atoms with van der Waals surface area (Å²) in [5.41, 5.74) is 1.94. The van der Waals surface area contributed by atoms with Crippen LogP contribution in [0.3, 0.4) is 0 Å². The van der Waals surface area contributed by atoms with Gasteiger partial charge in [0, 0.05) is 0 Å². The van der Waals surface area contributed by atoms with Crippen LogP contribution in [0.1, 0.15) is 30.4 Å². The maximum absolute atomic E-state index is 12.6. The second kappa shape index (κ2) is 9.37. The highest BCUT2D eigenvalue weighted by molar-refractivity contribution is 6.01. The molecule has 0 saturated heterocycles. The third kappa shape index (κ3) is 4.65. The first-order chi connectivity index (χ1) is 14.1. The van der Waals surface area contributed by atoms with Gasteiger partial charge < -0.3 is 9.47 Å². The van der Waals surface area contributed by atoms with E-state index in [2.05, 4.69) is 18.2 Å². The first kappa shape index (κ1) is 20.6. The molecule has 1 aliphatic carbocycles. The molecule has 2 aromatic carbocycles. The van der Waals surface area contributed by atoms with Crippen LogP contribution in [0, 0.1) is 11.3 Å². The Labute approximate surface area is 171 Å². The van der Waals surface area contributed by atoms with Gasteiger partial charge in [-0.2, -0.15) is 0 Å². The highest BCUT2D eigenvalue weighted by Crippen LogP contribution is 2.49. The second-order valence-electron chi connectivity index (χ2n) is 7.32. The molecule has 29 heavy (non-hydrogen) atoms. The topological polar surface area (TPSA) is 52.6 Å². The number of hydrogen-bond acceptors (Lipinski definition) is 4. The van der Waals surface area contributed by atoms with Gasteiger partial charge in [-0.25, -0.2) is 0 Å². The fraction of sp³-hybridized carbons (Fsp3) is 0.280. The van der Waals surface area contributed by atoms with E-state index in [0.717, 1.165) is 23.1 Å². The first-order valence-corrected chi connectivity index (χ1v) is 9.73. The number of esters is 2. The molecule has 1 fully saturated rings. The lowest BCUT2D eigenvalue weighted by Gasteiger charge is -2.22. The highest BCUT2D eigenvalue weighted by Gasteiger charge is 2.55. The van der Waals surface area contributed by atoms with E-state index in [1.807, 2.05) is 60.7 Å². The monoisotopic (exact) mass is 390 g/mol. The summed E-state index contributed by atoms with van der Waals surface area (Å²) in [4.78, 5) is 25.2. The maximum atomic E-state index is 12.6. The minimum Gasteiger partial charge on any atom is -0.468 e. The van der Waals surface area contributed by atoms with Gasteiger partial charge in [0.2, 0.25) is 0 Å². The third-order valence-corrected chi connectivity index (χ3v) is 5.46. The van der Waals surface area contributed by atoms with E-state index in [4.69, 9.17) is 9.47 Å². The van der Waals surface area contributed by atoms with Crippen LogP contribution >= 0.6 is 0 Å². The van der Waals surface area contributed by atoms with Crippen LogP contribution < -0.4 is 0 Å². The smallest absolute Gasteiger partial charge is 0.323 e. The van der Waals surface area contributed by atoms with Crippen molar-refractivity contribution in [1.82, 2.24) is 0 Å². The molecule has 1 saturated carbocycles. The van der Waals surface area contributed by atoms with E-state index in [-0.39, 0.29) is 5.92 Å². The molecule has 0 amide bonds. The van der Waals surface area contributed by atoms with Crippen molar-refractivity contribution in [3.8, 4) is 0 Å². The van der Waals surface area contributed by atoms with Crippen molar-refractivity contribution in [2.75, 3.05) is 14.2 Å². The number of carbonyl (C=O) groups is 2. The molecule has 4 heteroatoms. The van der Waals surface area contributed by atoms with Crippen LogP contribution in [-0.4, -0.2) is 26.2 Å². The molecule has 150 valence electrons. The van der Waals surface area contributed by atoms with Crippen molar-refractivity contribution in [3.05, 3.63) is 83.4 Å². The lowest BCUT2D eigenvalue weighted by molar-refractivity contribution is -0.168. The Kier molecular flexibility index (Phi) is 6.65. The molecule has 1 unspecified atom stereocenters. The average Bonchev–Trinajstić information content (AvgIpc) is 3.13. The third-order valence-electron chi connectivity index (χ3n) is 5.46. The highest BCUT2D eigenvalue weighted by atomic mass is 16.5. The van der Waals surface area contributed by atoms with E-state index >= 15 is 0 Å². The molecule has 0 N–H and O–H groups in total. The van der Waals surface area contributed by atoms with Gasteiger partial charge in [0.05, 0.1) is 14.2 Å². The summed E-state index contributed by atoms with van der Waals surface area (Å²) in [7, 11) is 2.63. The van der Waals surface area contributed by atoms with Crippen molar-refractivity contribution in [2.45, 2.75) is 19.3 Å². The summed E-state index contributed by atoms with van der Waals surface area (Å²) >= 11 is 0. The molecule has 2 aromatic rings. The Morgan fingerprint density at radius 3 is 2.03 bits per heavy atom. The Bertz CT molecular complexity index is 881. The van der Waals surface area contributed by atoms with Gasteiger partial charge >= 0.3 is 11.9 Å². The molecule has 0 radical (unpaired) electrons. The van der Waals surface area contributed by atoms with Crippen molar-refractivity contribution < 1.29 is 19.1 Å². The molecule has 0 aromatic heterocycles. The fourth-order valence-electron chi connectivity index (χ4n) is 4.00. The minimum absolute atomic E-state index is 0.0494. The lowest BCUT2D eigenvalue weighted by Crippen LogP contribution is -2.39. The number of hydrogen-bond donors (Lipinski definition) is 0. The molecule has 0 heterocycles. The number of ether oxygens (including phenoxy) is 2. The maximum Gasteiger partial charge on any atom is 0.323 e. The summed E-state index contributed by atoms with van der Waals surface area (Å²) in [5, 5.41) is 0. The summed E-state index contributed by atoms with van der Waals surface area (Å²) in [6.07, 6.45) is 7.66. The fourth-order valence-corrected chi connectivity index (χ4v) is 4.00. The molecule has 1 atom stereocenters. The zero-order chi connectivity index (χ0) is 20.7. The lowest BCUT2D eigenvalue weighted by atomic mass is 9.84. The predicted molar refractivity (Wildman–Crippen MR) is 114 cm³/mol. The average molecular weight is 390 g/mol. The molecule has 0 aliphatic heterocycles. The molecular formula is C25H26O4. The van der Waals surface area contributed by atoms with Crippen LogP contribution in [0.2, 0.25) is 0 Å². The van der Waals surface area contributed by atoms with Gasteiger partial charge in [-0.15, -0.1) is 0 Å². The number of allylic oxidation sites excluding steroid dienone is 2. The largest absolute Gasteiger partial charge is 0.468 e. The summed E-state index contributed by atoms with van der Waals surface area (Å²) < 4.78 is 9.99. The molecule has 4 nitrogen and oxygen atoms in total. The summed E-state index contributed by atoms with van der Waals surface area (Å²) in [6, 6.07) is 20.0. The molecule has 0 bridgehead atoms. The quantitative estimate of drug-likeness (QED) is 0.519. The van der Waals surface area contributed by atoms with Crippen LogP contribution in [0.15, 0.2) is 72.3 Å². The zero-order valence-electron chi connectivity index (χ0n) is 16.8. The molecular weight excluding hydrogens is 364 g/mol. The van der Waals surface area contributed by atoms with E-state index in [1.165, 1.54) is 14.2 Å². The van der Waals surface area contributed by atoms with Gasteiger partial charge in [0.15, 0.2) is 5.41 Å². The number of rotatable bonds is 6. The van der Waals surface area contributed by atoms with Crippen molar-refractivity contribution in [3.63, 3.8) is 0 Å². The van der Waals surface area contributed by atoms with Gasteiger partial charge in [-0.1, -0.05) is 84.5 Å². The van der Waals surface area contributed by atoms with Crippen molar-refractivity contribution in [2.24, 2.45) is 11.3 Å². The van der Waals surface area contributed by atoms with E-state index in [9.17, 15) is 9.59 Å². The van der Waals surface area contributed by atoms with Crippen LogP contribution in [0.4, 0.5) is 0 Å². The predicted octanol–water partition coefficient (Wildman–Crippen LogP) is 4.92. The Hall–Kier alpha value is -3.14. The van der Waals surface area contributed by atoms with Crippen LogP contribution in [0.25, 0.3) is 12.2 Å².